The first-order valence-corrected chi connectivity index (χ1v) is 10.5. The van der Waals surface area contributed by atoms with Crippen molar-refractivity contribution in [1.29, 1.82) is 0 Å². The molecular formula is C23H37N2+. The number of nitrogens with zero attached hydrogens (tertiary/aromatic N) is 2. The molecule has 138 valence electrons. The van der Waals surface area contributed by atoms with Crippen molar-refractivity contribution in [2.75, 3.05) is 0 Å². The van der Waals surface area contributed by atoms with Crippen LogP contribution in [-0.2, 0) is 25.9 Å². The van der Waals surface area contributed by atoms with Crippen LogP contribution in [0.4, 0.5) is 0 Å². The predicted molar refractivity (Wildman–Crippen MR) is 107 cm³/mol. The van der Waals surface area contributed by atoms with E-state index in [1.807, 2.05) is 0 Å². The van der Waals surface area contributed by atoms with Crippen molar-refractivity contribution < 1.29 is 4.57 Å². The highest BCUT2D eigenvalue weighted by Crippen LogP contribution is 2.09. The molecule has 0 aliphatic rings. The van der Waals surface area contributed by atoms with Gasteiger partial charge in [0.05, 0.1) is 13.1 Å². The number of benzene rings is 1. The zero-order valence-electron chi connectivity index (χ0n) is 16.4. The Morgan fingerprint density at radius 2 is 1.56 bits per heavy atom. The zero-order valence-corrected chi connectivity index (χ0v) is 16.4. The van der Waals surface area contributed by atoms with Crippen molar-refractivity contribution in [2.24, 2.45) is 0 Å². The van der Waals surface area contributed by atoms with Crippen LogP contribution in [0.1, 0.15) is 76.6 Å². The highest BCUT2D eigenvalue weighted by Gasteiger charge is 2.16. The molecule has 0 saturated carbocycles. The molecule has 0 saturated heterocycles. The van der Waals surface area contributed by atoms with Gasteiger partial charge in [0.2, 0.25) is 0 Å². The molecule has 1 aromatic heterocycles. The summed E-state index contributed by atoms with van der Waals surface area (Å²) in [6.45, 7) is 6.90. The molecule has 0 bridgehead atoms. The first-order valence-electron chi connectivity index (χ1n) is 10.5. The van der Waals surface area contributed by atoms with Gasteiger partial charge in [0.25, 0.3) is 5.82 Å². The Morgan fingerprint density at radius 1 is 0.800 bits per heavy atom. The van der Waals surface area contributed by atoms with Gasteiger partial charge in [-0.3, -0.25) is 0 Å². The van der Waals surface area contributed by atoms with Gasteiger partial charge in [-0.2, -0.15) is 0 Å². The van der Waals surface area contributed by atoms with Crippen LogP contribution in [0.5, 0.6) is 0 Å². The van der Waals surface area contributed by atoms with Gasteiger partial charge >= 0.3 is 0 Å². The topological polar surface area (TPSA) is 8.81 Å². The van der Waals surface area contributed by atoms with E-state index in [1.54, 1.807) is 0 Å². The molecule has 0 unspecified atom stereocenters. The van der Waals surface area contributed by atoms with Gasteiger partial charge in [0, 0.05) is 6.42 Å². The molecule has 0 spiro atoms. The van der Waals surface area contributed by atoms with Gasteiger partial charge in [0.15, 0.2) is 0 Å². The minimum Gasteiger partial charge on any atom is -0.234 e. The third-order valence-electron chi connectivity index (χ3n) is 5.05. The van der Waals surface area contributed by atoms with Crippen LogP contribution < -0.4 is 4.57 Å². The molecule has 0 aliphatic carbocycles. The Kier molecular flexibility index (Phi) is 9.40. The van der Waals surface area contributed by atoms with Crippen LogP contribution >= 0.6 is 0 Å². The van der Waals surface area contributed by atoms with Gasteiger partial charge in [-0.05, 0) is 37.7 Å². The van der Waals surface area contributed by atoms with Crippen LogP contribution in [0.3, 0.4) is 0 Å². The summed E-state index contributed by atoms with van der Waals surface area (Å²) in [6, 6.07) is 10.9. The maximum Gasteiger partial charge on any atom is 0.256 e. The molecule has 0 aliphatic heterocycles. The molecule has 1 heterocycles. The summed E-state index contributed by atoms with van der Waals surface area (Å²) in [5.74, 6) is 1.53. The number of imidazole rings is 1. The van der Waals surface area contributed by atoms with Crippen LogP contribution in [0.15, 0.2) is 42.7 Å². The molecule has 1 aromatic carbocycles. The van der Waals surface area contributed by atoms with E-state index in [0.29, 0.717) is 0 Å². The van der Waals surface area contributed by atoms with Gasteiger partial charge in [0.1, 0.15) is 12.4 Å². The Bertz CT molecular complexity index is 571. The average Bonchev–Trinajstić information content (AvgIpc) is 3.02. The number of aryl methyl sites for hydroxylation is 3. The van der Waals surface area contributed by atoms with E-state index in [4.69, 9.17) is 0 Å². The molecule has 0 fully saturated rings. The van der Waals surface area contributed by atoms with Crippen molar-refractivity contribution in [3.05, 3.63) is 54.1 Å². The van der Waals surface area contributed by atoms with Crippen LogP contribution in [-0.4, -0.2) is 4.57 Å². The third-order valence-corrected chi connectivity index (χ3v) is 5.05. The molecule has 2 nitrogen and oxygen atoms in total. The Morgan fingerprint density at radius 3 is 2.32 bits per heavy atom. The lowest BCUT2D eigenvalue weighted by atomic mass is 10.1. The molecule has 0 atom stereocenters. The van der Waals surface area contributed by atoms with Gasteiger partial charge in [-0.15, -0.1) is 0 Å². The Labute approximate surface area is 154 Å². The number of aromatic nitrogens is 2. The standard InChI is InChI=1S/C23H37N2/c1-3-5-7-8-12-18-24-20-21-25(23(24)17-6-4-2)19-13-16-22-14-10-9-11-15-22/h9-11,14-15,20-21H,3-8,12-13,16-19H2,1-2H3/q+1. The highest BCUT2D eigenvalue weighted by molar-refractivity contribution is 5.14. The number of hydrogen-bond acceptors (Lipinski definition) is 0. The quantitative estimate of drug-likeness (QED) is 0.325. The molecule has 0 radical (unpaired) electrons. The van der Waals surface area contributed by atoms with Crippen LogP contribution in [0, 0.1) is 0 Å². The summed E-state index contributed by atoms with van der Waals surface area (Å²) in [6.07, 6.45) is 17.6. The minimum atomic E-state index is 1.14. The van der Waals surface area contributed by atoms with E-state index >= 15 is 0 Å². The first kappa shape index (κ1) is 19.8. The minimum absolute atomic E-state index is 1.14. The second kappa shape index (κ2) is 11.9. The fourth-order valence-corrected chi connectivity index (χ4v) is 3.51. The molecule has 0 N–H and O–H groups in total. The number of hydrogen-bond donors (Lipinski definition) is 0. The monoisotopic (exact) mass is 341 g/mol. The van der Waals surface area contributed by atoms with E-state index in [2.05, 4.69) is 65.7 Å². The maximum absolute atomic E-state index is 2.52. The second-order valence-corrected chi connectivity index (χ2v) is 7.21. The molecule has 0 amide bonds. The predicted octanol–water partition coefficient (Wildman–Crippen LogP) is 5.72. The smallest absolute Gasteiger partial charge is 0.234 e. The maximum atomic E-state index is 2.52. The lowest BCUT2D eigenvalue weighted by molar-refractivity contribution is -0.704. The SMILES string of the molecule is CCCCCCCn1cc[n+](CCCc2ccccc2)c1CCCC. The van der Waals surface area contributed by atoms with Crippen LogP contribution in [0.2, 0.25) is 0 Å². The van der Waals surface area contributed by atoms with Gasteiger partial charge in [-0.1, -0.05) is 69.9 Å². The Balaban J connectivity index is 1.87. The number of rotatable bonds is 13. The lowest BCUT2D eigenvalue weighted by Gasteiger charge is -2.06. The van der Waals surface area contributed by atoms with Crippen LogP contribution in [0.25, 0.3) is 0 Å². The van der Waals surface area contributed by atoms with Gasteiger partial charge in [-0.25, -0.2) is 9.13 Å². The van der Waals surface area contributed by atoms with Gasteiger partial charge < -0.3 is 0 Å². The van der Waals surface area contributed by atoms with E-state index in [9.17, 15) is 0 Å². The lowest BCUT2D eigenvalue weighted by Crippen LogP contribution is -2.37. The van der Waals surface area contributed by atoms with E-state index in [1.165, 1.54) is 82.1 Å². The molecular weight excluding hydrogens is 304 g/mol. The summed E-state index contributed by atoms with van der Waals surface area (Å²) >= 11 is 0. The summed E-state index contributed by atoms with van der Waals surface area (Å²) in [4.78, 5) is 0. The van der Waals surface area contributed by atoms with Crippen molar-refractivity contribution >= 4 is 0 Å². The van der Waals surface area contributed by atoms with Crippen molar-refractivity contribution in [2.45, 2.75) is 91.1 Å². The normalized spacial score (nSPS) is 11.1. The first-order chi connectivity index (χ1) is 12.3. The average molecular weight is 342 g/mol. The summed E-state index contributed by atoms with van der Waals surface area (Å²) in [7, 11) is 0. The zero-order chi connectivity index (χ0) is 17.7. The van der Waals surface area contributed by atoms with Crippen molar-refractivity contribution in [3.8, 4) is 0 Å². The molecule has 2 aromatic rings. The Hall–Kier alpha value is -1.57. The fourth-order valence-electron chi connectivity index (χ4n) is 3.51. The third kappa shape index (κ3) is 7.05. The number of unbranched alkanes of at least 4 members (excludes halogenated alkanes) is 5. The molecule has 2 heteroatoms. The summed E-state index contributed by atoms with van der Waals surface area (Å²) < 4.78 is 5.02. The summed E-state index contributed by atoms with van der Waals surface area (Å²) in [5.41, 5.74) is 1.45. The molecule has 2 rings (SSSR count). The largest absolute Gasteiger partial charge is 0.256 e. The van der Waals surface area contributed by atoms with E-state index in [0.717, 1.165) is 6.54 Å². The summed E-state index contributed by atoms with van der Waals surface area (Å²) in [5, 5.41) is 0. The molecule has 25 heavy (non-hydrogen) atoms. The second-order valence-electron chi connectivity index (χ2n) is 7.21. The van der Waals surface area contributed by atoms with E-state index < -0.39 is 0 Å². The van der Waals surface area contributed by atoms with Crippen molar-refractivity contribution in [3.63, 3.8) is 0 Å². The van der Waals surface area contributed by atoms with E-state index in [-0.39, 0.29) is 0 Å². The highest BCUT2D eigenvalue weighted by atomic mass is 15.1. The van der Waals surface area contributed by atoms with Crippen molar-refractivity contribution in [1.82, 2.24) is 4.57 Å². The fraction of sp³-hybridized carbons (Fsp3) is 0.609.